The molecule has 0 fully saturated rings. The molecule has 0 aliphatic rings. The quantitative estimate of drug-likeness (QED) is 0.638. The van der Waals surface area contributed by atoms with Gasteiger partial charge in [0.1, 0.15) is 0 Å². The molecule has 0 aromatic heterocycles. The molecule has 0 aromatic carbocycles. The second kappa shape index (κ2) is 3.43. The summed E-state index contributed by atoms with van der Waals surface area (Å²) in [5.74, 6) is -0.267. The van der Waals surface area contributed by atoms with Gasteiger partial charge in [-0.05, 0) is 11.6 Å². The third kappa shape index (κ3) is 8.26. The first-order valence-electron chi connectivity index (χ1n) is 2.11. The molecular formula is C3H6ClF2NOS. The van der Waals surface area contributed by atoms with Gasteiger partial charge in [0.05, 0.1) is 11.0 Å². The van der Waals surface area contributed by atoms with Crippen molar-refractivity contribution in [1.29, 1.82) is 0 Å². The summed E-state index contributed by atoms with van der Waals surface area (Å²) < 4.78 is 33.3. The Balaban J connectivity index is 3.39. The van der Waals surface area contributed by atoms with Crippen molar-refractivity contribution < 1.29 is 13.0 Å². The van der Waals surface area contributed by atoms with Gasteiger partial charge in [-0.2, -0.15) is 8.78 Å². The Morgan fingerprint density at radius 3 is 2.22 bits per heavy atom. The standard InChI is InChI=1S/C3H6ClF2NOS/c4-3(5,6)1-2-9(7)8/h1-2,7H2. The predicted octanol–water partition coefficient (Wildman–Crippen LogP) is 0.831. The van der Waals surface area contributed by atoms with Crippen LogP contribution in [0.5, 0.6) is 0 Å². The van der Waals surface area contributed by atoms with Gasteiger partial charge in [-0.3, -0.25) is 5.14 Å². The molecule has 1 unspecified atom stereocenters. The van der Waals surface area contributed by atoms with Gasteiger partial charge >= 0.3 is 5.38 Å². The highest BCUT2D eigenvalue weighted by Gasteiger charge is 2.24. The van der Waals surface area contributed by atoms with Crippen molar-refractivity contribution >= 4 is 22.6 Å². The summed E-state index contributed by atoms with van der Waals surface area (Å²) in [5, 5.41) is 1.41. The van der Waals surface area contributed by atoms with Gasteiger partial charge in [0.15, 0.2) is 0 Å². The maximum atomic E-state index is 11.7. The fourth-order valence-electron chi connectivity index (χ4n) is 0.216. The van der Waals surface area contributed by atoms with Crippen LogP contribution in [0, 0.1) is 0 Å². The highest BCUT2D eigenvalue weighted by molar-refractivity contribution is 7.82. The number of alkyl halides is 3. The van der Waals surface area contributed by atoms with Gasteiger partial charge in [0, 0.05) is 12.2 Å². The summed E-state index contributed by atoms with van der Waals surface area (Å²) in [6, 6.07) is 0. The Kier molecular flexibility index (Phi) is 3.53. The van der Waals surface area contributed by atoms with Gasteiger partial charge in [-0.1, -0.05) is 0 Å². The molecule has 0 radical (unpaired) electrons. The summed E-state index contributed by atoms with van der Waals surface area (Å²) >= 11 is 4.45. The molecule has 0 rings (SSSR count). The molecule has 0 aromatic rings. The largest absolute Gasteiger partial charge is 0.322 e. The van der Waals surface area contributed by atoms with Crippen molar-refractivity contribution in [2.24, 2.45) is 5.14 Å². The molecule has 0 saturated heterocycles. The lowest BCUT2D eigenvalue weighted by molar-refractivity contribution is 0.0932. The number of nitrogens with two attached hydrogens (primary N) is 1. The fourth-order valence-corrected chi connectivity index (χ4v) is 0.880. The SMILES string of the molecule is NS(=O)CCC(F)(F)Cl. The number of hydrogen-bond donors (Lipinski definition) is 1. The van der Waals surface area contributed by atoms with E-state index in [-0.39, 0.29) is 5.75 Å². The maximum absolute atomic E-state index is 11.7. The molecule has 0 aliphatic heterocycles. The van der Waals surface area contributed by atoms with E-state index in [1.807, 2.05) is 0 Å². The van der Waals surface area contributed by atoms with E-state index in [4.69, 9.17) is 0 Å². The number of halogens is 3. The Morgan fingerprint density at radius 2 is 2.11 bits per heavy atom. The van der Waals surface area contributed by atoms with Gasteiger partial charge in [-0.15, -0.1) is 0 Å². The molecular weight excluding hydrogens is 172 g/mol. The summed E-state index contributed by atoms with van der Waals surface area (Å²) in [6.07, 6.45) is -0.641. The van der Waals surface area contributed by atoms with E-state index in [2.05, 4.69) is 16.7 Å². The van der Waals surface area contributed by atoms with E-state index in [1.165, 1.54) is 0 Å². The first kappa shape index (κ1) is 9.26. The fraction of sp³-hybridized carbons (Fsp3) is 1.00. The predicted molar refractivity (Wildman–Crippen MR) is 32.6 cm³/mol. The number of hydrogen-bond acceptors (Lipinski definition) is 1. The van der Waals surface area contributed by atoms with Crippen molar-refractivity contribution in [2.75, 3.05) is 5.75 Å². The van der Waals surface area contributed by atoms with Crippen molar-refractivity contribution in [3.05, 3.63) is 0 Å². The Hall–Kier alpha value is 0.260. The lowest BCUT2D eigenvalue weighted by atomic mass is 10.5. The minimum absolute atomic E-state index is 0.267. The van der Waals surface area contributed by atoms with Crippen LogP contribution in [0.2, 0.25) is 0 Å². The van der Waals surface area contributed by atoms with Crippen molar-refractivity contribution in [3.8, 4) is 0 Å². The van der Waals surface area contributed by atoms with Crippen LogP contribution in [-0.4, -0.2) is 15.3 Å². The lowest BCUT2D eigenvalue weighted by Crippen LogP contribution is -2.15. The second-order valence-electron chi connectivity index (χ2n) is 1.45. The van der Waals surface area contributed by atoms with Gasteiger partial charge in [-0.25, -0.2) is 4.21 Å². The third-order valence-electron chi connectivity index (χ3n) is 0.587. The molecule has 0 saturated carbocycles. The zero-order chi connectivity index (χ0) is 7.49. The summed E-state index contributed by atoms with van der Waals surface area (Å²) in [5.41, 5.74) is 0. The summed E-state index contributed by atoms with van der Waals surface area (Å²) in [7, 11) is -1.68. The van der Waals surface area contributed by atoms with Crippen molar-refractivity contribution in [2.45, 2.75) is 11.8 Å². The van der Waals surface area contributed by atoms with Gasteiger partial charge in [0.2, 0.25) is 0 Å². The average molecular weight is 178 g/mol. The smallest absolute Gasteiger partial charge is 0.252 e. The first-order valence-corrected chi connectivity index (χ1v) is 3.87. The minimum atomic E-state index is -3.27. The molecule has 2 nitrogen and oxygen atoms in total. The molecule has 2 N–H and O–H groups in total. The van der Waals surface area contributed by atoms with E-state index in [9.17, 15) is 13.0 Å². The van der Waals surface area contributed by atoms with Crippen LogP contribution in [0.4, 0.5) is 8.78 Å². The minimum Gasteiger partial charge on any atom is -0.252 e. The van der Waals surface area contributed by atoms with Crippen LogP contribution in [0.3, 0.4) is 0 Å². The molecule has 1 atom stereocenters. The first-order chi connectivity index (χ1) is 3.92. The topological polar surface area (TPSA) is 43.1 Å². The van der Waals surface area contributed by atoms with E-state index in [0.29, 0.717) is 0 Å². The lowest BCUT2D eigenvalue weighted by Gasteiger charge is -2.03. The number of rotatable bonds is 3. The third-order valence-corrected chi connectivity index (χ3v) is 1.38. The molecule has 56 valence electrons. The Labute approximate surface area is 59.0 Å². The van der Waals surface area contributed by atoms with E-state index in [1.54, 1.807) is 0 Å². The molecule has 0 amide bonds. The molecule has 0 heterocycles. The monoisotopic (exact) mass is 177 g/mol. The molecule has 9 heavy (non-hydrogen) atoms. The van der Waals surface area contributed by atoms with Gasteiger partial charge < -0.3 is 0 Å². The Morgan fingerprint density at radius 1 is 1.67 bits per heavy atom. The van der Waals surface area contributed by atoms with E-state index < -0.39 is 22.8 Å². The van der Waals surface area contributed by atoms with Gasteiger partial charge in [0.25, 0.3) is 0 Å². The van der Waals surface area contributed by atoms with Crippen LogP contribution in [0.15, 0.2) is 0 Å². The van der Waals surface area contributed by atoms with Crippen LogP contribution < -0.4 is 5.14 Å². The summed E-state index contributed by atoms with van der Waals surface area (Å²) in [4.78, 5) is 0. The highest BCUT2D eigenvalue weighted by Crippen LogP contribution is 2.22. The van der Waals surface area contributed by atoms with E-state index in [0.717, 1.165) is 0 Å². The molecule has 0 bridgehead atoms. The van der Waals surface area contributed by atoms with Crippen LogP contribution in [0.25, 0.3) is 0 Å². The average Bonchev–Trinajstić information content (AvgIpc) is 1.59. The molecule has 0 aliphatic carbocycles. The zero-order valence-electron chi connectivity index (χ0n) is 4.44. The molecule has 0 spiro atoms. The second-order valence-corrected chi connectivity index (χ2v) is 3.17. The van der Waals surface area contributed by atoms with Crippen molar-refractivity contribution in [1.82, 2.24) is 0 Å². The molecule has 6 heteroatoms. The highest BCUT2D eigenvalue weighted by atomic mass is 35.5. The van der Waals surface area contributed by atoms with Crippen LogP contribution >= 0.6 is 11.6 Å². The van der Waals surface area contributed by atoms with Crippen molar-refractivity contribution in [3.63, 3.8) is 0 Å². The van der Waals surface area contributed by atoms with Crippen LogP contribution in [-0.2, 0) is 11.0 Å². The summed E-state index contributed by atoms with van der Waals surface area (Å²) in [6.45, 7) is 0. The zero-order valence-corrected chi connectivity index (χ0v) is 6.01. The Bertz CT molecular complexity index is 115. The maximum Gasteiger partial charge on any atom is 0.322 e. The normalized spacial score (nSPS) is 15.6. The van der Waals surface area contributed by atoms with Crippen LogP contribution in [0.1, 0.15) is 6.42 Å². The van der Waals surface area contributed by atoms with E-state index >= 15 is 0 Å².